The van der Waals surface area contributed by atoms with Gasteiger partial charge in [-0.15, -0.1) is 0 Å². The number of nitrogens with two attached hydrogens (primary N) is 1. The molecule has 4 aliphatic carbocycles. The fourth-order valence-corrected chi connectivity index (χ4v) is 8.63. The molecule has 228 valence electrons. The predicted molar refractivity (Wildman–Crippen MR) is 161 cm³/mol. The lowest BCUT2D eigenvalue weighted by molar-refractivity contribution is -0.162. The van der Waals surface area contributed by atoms with Crippen molar-refractivity contribution in [3.05, 3.63) is 29.8 Å². The van der Waals surface area contributed by atoms with E-state index in [9.17, 15) is 14.7 Å². The molecule has 5 aliphatic rings. The van der Waals surface area contributed by atoms with Crippen LogP contribution >= 0.6 is 0 Å². The number of benzene rings is 1. The highest BCUT2D eigenvalue weighted by Gasteiger charge is 2.56. The summed E-state index contributed by atoms with van der Waals surface area (Å²) >= 11 is 0. The van der Waals surface area contributed by atoms with E-state index in [1.165, 1.54) is 19.3 Å². The number of rotatable bonds is 10. The summed E-state index contributed by atoms with van der Waals surface area (Å²) in [7, 11) is 1.85. The number of nitrogens with one attached hydrogen (secondary N) is 1. The van der Waals surface area contributed by atoms with Crippen molar-refractivity contribution in [3.63, 3.8) is 0 Å². The third-order valence-corrected chi connectivity index (χ3v) is 11.0. The summed E-state index contributed by atoms with van der Waals surface area (Å²) in [6.45, 7) is 11.5. The maximum absolute atomic E-state index is 13.7. The van der Waals surface area contributed by atoms with Crippen LogP contribution < -0.4 is 16.0 Å². The van der Waals surface area contributed by atoms with Gasteiger partial charge < -0.3 is 25.8 Å². The second-order valence-electron chi connectivity index (χ2n) is 14.7. The highest BCUT2D eigenvalue weighted by Crippen LogP contribution is 2.57. The zero-order valence-corrected chi connectivity index (χ0v) is 25.9. The number of para-hydroxylation sites is 1. The second kappa shape index (κ2) is 11.6. The largest absolute Gasteiger partial charge is 0.391 e. The minimum atomic E-state index is -0.844. The van der Waals surface area contributed by atoms with Crippen molar-refractivity contribution >= 4 is 17.5 Å². The highest BCUT2D eigenvalue weighted by molar-refractivity contribution is 5.96. The quantitative estimate of drug-likeness (QED) is 0.399. The van der Waals surface area contributed by atoms with E-state index in [1.807, 2.05) is 57.0 Å². The van der Waals surface area contributed by atoms with Crippen molar-refractivity contribution in [2.45, 2.75) is 102 Å². The van der Waals surface area contributed by atoms with E-state index >= 15 is 0 Å². The summed E-state index contributed by atoms with van der Waals surface area (Å²) in [5.74, 6) is 1.50. The van der Waals surface area contributed by atoms with Crippen LogP contribution in [0.25, 0.3) is 0 Å². The average Bonchev–Trinajstić information content (AvgIpc) is 2.91. The first-order chi connectivity index (χ1) is 19.3. The van der Waals surface area contributed by atoms with Crippen LogP contribution in [0.1, 0.15) is 71.8 Å². The Bertz CT molecular complexity index is 1110. The van der Waals surface area contributed by atoms with Crippen LogP contribution in [-0.4, -0.2) is 77.9 Å². The third kappa shape index (κ3) is 6.08. The van der Waals surface area contributed by atoms with Gasteiger partial charge in [0.2, 0.25) is 11.8 Å². The molecule has 2 amide bonds. The van der Waals surface area contributed by atoms with Crippen molar-refractivity contribution in [2.24, 2.45) is 35.3 Å². The highest BCUT2D eigenvalue weighted by atomic mass is 16.5. The average molecular weight is 569 g/mol. The first-order valence-corrected chi connectivity index (χ1v) is 15.7. The van der Waals surface area contributed by atoms with E-state index in [4.69, 9.17) is 10.5 Å². The van der Waals surface area contributed by atoms with Gasteiger partial charge in [-0.1, -0.05) is 32.0 Å². The summed E-state index contributed by atoms with van der Waals surface area (Å²) in [5, 5.41) is 14.7. The number of nitrogens with zero attached hydrogens (tertiary/aromatic N) is 2. The topological polar surface area (TPSA) is 108 Å². The van der Waals surface area contributed by atoms with Crippen LogP contribution in [0.5, 0.6) is 0 Å². The lowest BCUT2D eigenvalue weighted by Gasteiger charge is -2.59. The Labute approximate surface area is 246 Å². The first-order valence-electron chi connectivity index (χ1n) is 15.7. The van der Waals surface area contributed by atoms with E-state index in [0.29, 0.717) is 31.3 Å². The molecule has 1 heterocycles. The number of aliphatic hydroxyl groups is 1. The Morgan fingerprint density at radius 3 is 2.44 bits per heavy atom. The molecule has 4 saturated carbocycles. The van der Waals surface area contributed by atoms with E-state index in [-0.39, 0.29) is 47.4 Å². The number of hydrogen-bond acceptors (Lipinski definition) is 6. The van der Waals surface area contributed by atoms with Gasteiger partial charge in [0, 0.05) is 49.4 Å². The molecule has 1 aliphatic heterocycles. The standard InChI is InChI=1S/C33H52N4O4/c1-20(2)25(31(40)35-30-23-11-22-12-24(30)16-33(14-22,15-23)41-6)13-28(38)26(34)17-36-18-29(39)37(19-32(36,4)5)27-10-8-7-9-21(27)3/h7-10,20,22-26,28,30,38H,11-19,34H2,1-6H3,(H,35,40)/t22?,23?,24?,25-,26-,28-,30?,33?/m0/s1. The van der Waals surface area contributed by atoms with Crippen molar-refractivity contribution in [1.29, 1.82) is 0 Å². The summed E-state index contributed by atoms with van der Waals surface area (Å²) in [4.78, 5) is 30.8. The summed E-state index contributed by atoms with van der Waals surface area (Å²) in [6, 6.07) is 7.59. The van der Waals surface area contributed by atoms with Crippen LogP contribution in [0.4, 0.5) is 5.69 Å². The van der Waals surface area contributed by atoms with Crippen LogP contribution in [-0.2, 0) is 14.3 Å². The van der Waals surface area contributed by atoms with Gasteiger partial charge in [-0.05, 0) is 94.6 Å². The molecule has 2 unspecified atom stereocenters. The van der Waals surface area contributed by atoms with E-state index < -0.39 is 12.1 Å². The van der Waals surface area contributed by atoms with Gasteiger partial charge in [0.25, 0.3) is 0 Å². The number of amides is 2. The fraction of sp³-hybridized carbons (Fsp3) is 0.758. The van der Waals surface area contributed by atoms with Crippen molar-refractivity contribution < 1.29 is 19.4 Å². The Morgan fingerprint density at radius 1 is 1.17 bits per heavy atom. The molecular formula is C33H52N4O4. The minimum absolute atomic E-state index is 0.0126. The second-order valence-corrected chi connectivity index (χ2v) is 14.7. The van der Waals surface area contributed by atoms with Gasteiger partial charge in [-0.25, -0.2) is 0 Å². The number of aliphatic hydroxyl groups excluding tert-OH is 1. The zero-order valence-electron chi connectivity index (χ0n) is 25.9. The molecule has 4 bridgehead atoms. The number of carbonyl (C=O) groups excluding carboxylic acids is 2. The molecule has 41 heavy (non-hydrogen) atoms. The monoisotopic (exact) mass is 568 g/mol. The van der Waals surface area contributed by atoms with Gasteiger partial charge in [0.15, 0.2) is 0 Å². The molecule has 1 saturated heterocycles. The minimum Gasteiger partial charge on any atom is -0.391 e. The molecule has 0 spiro atoms. The molecule has 8 nitrogen and oxygen atoms in total. The number of methoxy groups -OCH3 is 1. The Kier molecular flexibility index (Phi) is 8.61. The van der Waals surface area contributed by atoms with Gasteiger partial charge in [-0.2, -0.15) is 0 Å². The molecule has 5 atom stereocenters. The molecule has 0 radical (unpaired) electrons. The molecular weight excluding hydrogens is 516 g/mol. The van der Waals surface area contributed by atoms with E-state index in [2.05, 4.69) is 24.1 Å². The van der Waals surface area contributed by atoms with Gasteiger partial charge in [0.1, 0.15) is 0 Å². The summed E-state index contributed by atoms with van der Waals surface area (Å²) in [5.41, 5.74) is 8.29. The molecule has 4 N–H and O–H groups in total. The number of anilines is 1. The Hall–Kier alpha value is -2.00. The normalized spacial score (nSPS) is 33.2. The number of hydrogen-bond donors (Lipinski definition) is 3. The molecule has 1 aromatic rings. The molecule has 6 rings (SSSR count). The maximum Gasteiger partial charge on any atom is 0.241 e. The van der Waals surface area contributed by atoms with E-state index in [0.717, 1.165) is 30.0 Å². The summed E-state index contributed by atoms with van der Waals surface area (Å²) in [6.07, 6.45) is 5.06. The number of aryl methyl sites for hydroxylation is 1. The molecule has 1 aromatic carbocycles. The van der Waals surface area contributed by atoms with Crippen LogP contribution in [0.3, 0.4) is 0 Å². The SMILES string of the molecule is COC12CC3CC(C1)C(NC(=O)[C@@H](C[C@H](O)[C@@H](N)CN1CC(=O)N(c4ccccc4C)CC1(C)C)C(C)C)C(C3)C2. The molecule has 8 heteroatoms. The summed E-state index contributed by atoms with van der Waals surface area (Å²) < 4.78 is 6.00. The van der Waals surface area contributed by atoms with Crippen molar-refractivity contribution in [2.75, 3.05) is 31.6 Å². The van der Waals surface area contributed by atoms with Crippen LogP contribution in [0, 0.1) is 36.5 Å². The number of piperazine rings is 1. The van der Waals surface area contributed by atoms with Crippen molar-refractivity contribution in [3.8, 4) is 0 Å². The Balaban J connectivity index is 1.19. The maximum atomic E-state index is 13.7. The Morgan fingerprint density at radius 2 is 1.83 bits per heavy atom. The molecule has 0 aromatic heterocycles. The molecule has 5 fully saturated rings. The van der Waals surface area contributed by atoms with Gasteiger partial charge >= 0.3 is 0 Å². The lowest BCUT2D eigenvalue weighted by Crippen LogP contribution is -2.64. The van der Waals surface area contributed by atoms with Crippen LogP contribution in [0.2, 0.25) is 0 Å². The first kappa shape index (κ1) is 30.5. The van der Waals surface area contributed by atoms with Crippen LogP contribution in [0.15, 0.2) is 24.3 Å². The van der Waals surface area contributed by atoms with Gasteiger partial charge in [-0.3, -0.25) is 14.5 Å². The zero-order chi connectivity index (χ0) is 29.7. The third-order valence-electron chi connectivity index (χ3n) is 11.0. The van der Waals surface area contributed by atoms with Gasteiger partial charge in [0.05, 0.1) is 18.2 Å². The lowest BCUT2D eigenvalue weighted by atomic mass is 9.52. The number of carbonyl (C=O) groups is 2. The van der Waals surface area contributed by atoms with Crippen molar-refractivity contribution in [1.82, 2.24) is 10.2 Å². The fourth-order valence-electron chi connectivity index (χ4n) is 8.63. The predicted octanol–water partition coefficient (Wildman–Crippen LogP) is 3.48. The smallest absolute Gasteiger partial charge is 0.241 e. The number of ether oxygens (including phenoxy) is 1. The van der Waals surface area contributed by atoms with E-state index in [1.54, 1.807) is 0 Å².